The van der Waals surface area contributed by atoms with Gasteiger partial charge in [-0.25, -0.2) is 4.98 Å². The SMILES string of the molecule is Cc1ccc(/C=N/N2CCN(c3ccccn3)CC2)o1. The van der Waals surface area contributed by atoms with Crippen molar-refractivity contribution in [1.29, 1.82) is 0 Å². The average Bonchev–Trinajstić information content (AvgIpc) is 2.92. The zero-order valence-corrected chi connectivity index (χ0v) is 11.6. The van der Waals surface area contributed by atoms with Gasteiger partial charge in [0.15, 0.2) is 0 Å². The van der Waals surface area contributed by atoms with E-state index in [1.165, 1.54) is 0 Å². The van der Waals surface area contributed by atoms with Crippen molar-refractivity contribution < 1.29 is 4.42 Å². The summed E-state index contributed by atoms with van der Waals surface area (Å²) in [5.74, 6) is 2.75. The first-order valence-electron chi connectivity index (χ1n) is 6.82. The molecule has 0 spiro atoms. The van der Waals surface area contributed by atoms with Crippen LogP contribution in [0.4, 0.5) is 5.82 Å². The van der Waals surface area contributed by atoms with Crippen LogP contribution in [0, 0.1) is 6.92 Å². The molecule has 3 rings (SSSR count). The molecule has 0 aromatic carbocycles. The van der Waals surface area contributed by atoms with Gasteiger partial charge in [0.05, 0.1) is 19.3 Å². The van der Waals surface area contributed by atoms with Gasteiger partial charge in [-0.3, -0.25) is 5.01 Å². The Morgan fingerprint density at radius 3 is 2.65 bits per heavy atom. The highest BCUT2D eigenvalue weighted by molar-refractivity contribution is 5.75. The molecule has 0 N–H and O–H groups in total. The van der Waals surface area contributed by atoms with E-state index in [2.05, 4.69) is 20.0 Å². The first-order valence-corrected chi connectivity index (χ1v) is 6.82. The highest BCUT2D eigenvalue weighted by Crippen LogP contribution is 2.12. The highest BCUT2D eigenvalue weighted by Gasteiger charge is 2.16. The zero-order valence-electron chi connectivity index (χ0n) is 11.6. The van der Waals surface area contributed by atoms with E-state index in [9.17, 15) is 0 Å². The van der Waals surface area contributed by atoms with Crippen LogP contribution in [-0.2, 0) is 0 Å². The molecule has 0 bridgehead atoms. The van der Waals surface area contributed by atoms with E-state index in [1.54, 1.807) is 6.21 Å². The lowest BCUT2D eigenvalue weighted by molar-refractivity contribution is 0.271. The van der Waals surface area contributed by atoms with Crippen molar-refractivity contribution in [3.05, 3.63) is 48.0 Å². The molecule has 3 heterocycles. The fourth-order valence-corrected chi connectivity index (χ4v) is 2.24. The van der Waals surface area contributed by atoms with Crippen LogP contribution in [0.2, 0.25) is 0 Å². The predicted molar refractivity (Wildman–Crippen MR) is 79.1 cm³/mol. The van der Waals surface area contributed by atoms with Crippen LogP contribution in [0.3, 0.4) is 0 Å². The molecular weight excluding hydrogens is 252 g/mol. The number of anilines is 1. The Hall–Kier alpha value is -2.30. The summed E-state index contributed by atoms with van der Waals surface area (Å²) in [5, 5.41) is 6.53. The van der Waals surface area contributed by atoms with E-state index in [1.807, 2.05) is 43.5 Å². The van der Waals surface area contributed by atoms with E-state index >= 15 is 0 Å². The summed E-state index contributed by atoms with van der Waals surface area (Å²) < 4.78 is 5.47. The third-order valence-electron chi connectivity index (χ3n) is 3.34. The number of furan rings is 1. The van der Waals surface area contributed by atoms with Crippen molar-refractivity contribution in [3.63, 3.8) is 0 Å². The molecular formula is C15H18N4O. The van der Waals surface area contributed by atoms with E-state index in [-0.39, 0.29) is 0 Å². The molecule has 1 aliphatic heterocycles. The van der Waals surface area contributed by atoms with Gasteiger partial charge >= 0.3 is 0 Å². The number of aromatic nitrogens is 1. The van der Waals surface area contributed by atoms with Crippen LogP contribution >= 0.6 is 0 Å². The Bertz CT molecular complexity index is 571. The first kappa shape index (κ1) is 12.7. The van der Waals surface area contributed by atoms with Crippen LogP contribution in [0.15, 0.2) is 46.0 Å². The maximum absolute atomic E-state index is 5.47. The first-order chi connectivity index (χ1) is 9.81. The van der Waals surface area contributed by atoms with Gasteiger partial charge in [-0.05, 0) is 31.2 Å². The molecule has 0 radical (unpaired) electrons. The average molecular weight is 270 g/mol. The van der Waals surface area contributed by atoms with E-state index in [0.29, 0.717) is 0 Å². The second-order valence-corrected chi connectivity index (χ2v) is 4.82. The van der Waals surface area contributed by atoms with Crippen LogP contribution < -0.4 is 4.90 Å². The zero-order chi connectivity index (χ0) is 13.8. The normalized spacial score (nSPS) is 16.1. The minimum absolute atomic E-state index is 0.801. The van der Waals surface area contributed by atoms with Gasteiger partial charge in [0.25, 0.3) is 0 Å². The molecule has 0 aliphatic carbocycles. The number of pyridine rings is 1. The standard InChI is InChI=1S/C15H18N4O/c1-13-5-6-14(20-13)12-17-19-10-8-18(9-11-19)15-4-2-3-7-16-15/h2-7,12H,8-11H2,1H3/b17-12+. The second-order valence-electron chi connectivity index (χ2n) is 4.82. The summed E-state index contributed by atoms with van der Waals surface area (Å²) in [7, 11) is 0. The third-order valence-corrected chi connectivity index (χ3v) is 3.34. The lowest BCUT2D eigenvalue weighted by Crippen LogP contribution is -2.44. The Labute approximate surface area is 118 Å². The lowest BCUT2D eigenvalue weighted by Gasteiger charge is -2.33. The Balaban J connectivity index is 1.55. The number of hydrogen-bond donors (Lipinski definition) is 0. The molecule has 2 aromatic heterocycles. The maximum Gasteiger partial charge on any atom is 0.147 e. The number of rotatable bonds is 3. The minimum atomic E-state index is 0.801. The van der Waals surface area contributed by atoms with Gasteiger partial charge in [-0.2, -0.15) is 5.10 Å². The number of hydrazone groups is 1. The van der Waals surface area contributed by atoms with Gasteiger partial charge < -0.3 is 9.32 Å². The summed E-state index contributed by atoms with van der Waals surface area (Å²) in [6.07, 6.45) is 3.61. The van der Waals surface area contributed by atoms with Crippen molar-refractivity contribution in [3.8, 4) is 0 Å². The molecule has 5 heteroatoms. The summed E-state index contributed by atoms with van der Waals surface area (Å²) in [4.78, 5) is 6.66. The number of hydrogen-bond acceptors (Lipinski definition) is 5. The van der Waals surface area contributed by atoms with Crippen molar-refractivity contribution in [2.45, 2.75) is 6.92 Å². The fraction of sp³-hybridized carbons (Fsp3) is 0.333. The molecule has 1 fully saturated rings. The number of aryl methyl sites for hydroxylation is 1. The largest absolute Gasteiger partial charge is 0.460 e. The monoisotopic (exact) mass is 270 g/mol. The molecule has 104 valence electrons. The highest BCUT2D eigenvalue weighted by atomic mass is 16.3. The van der Waals surface area contributed by atoms with Crippen molar-refractivity contribution in [1.82, 2.24) is 9.99 Å². The van der Waals surface area contributed by atoms with Crippen LogP contribution in [0.25, 0.3) is 0 Å². The minimum Gasteiger partial charge on any atom is -0.460 e. The van der Waals surface area contributed by atoms with E-state index < -0.39 is 0 Å². The summed E-state index contributed by atoms with van der Waals surface area (Å²) in [5.41, 5.74) is 0. The summed E-state index contributed by atoms with van der Waals surface area (Å²) >= 11 is 0. The number of piperazine rings is 1. The quantitative estimate of drug-likeness (QED) is 0.802. The molecule has 0 atom stereocenters. The van der Waals surface area contributed by atoms with Crippen molar-refractivity contribution in [2.24, 2.45) is 5.10 Å². The molecule has 0 saturated carbocycles. The molecule has 1 aliphatic rings. The second kappa shape index (κ2) is 5.77. The van der Waals surface area contributed by atoms with Gasteiger partial charge in [0.2, 0.25) is 0 Å². The molecule has 0 unspecified atom stereocenters. The van der Waals surface area contributed by atoms with Gasteiger partial charge in [-0.1, -0.05) is 6.07 Å². The van der Waals surface area contributed by atoms with E-state index in [4.69, 9.17) is 4.42 Å². The Kier molecular flexibility index (Phi) is 3.67. The van der Waals surface area contributed by atoms with Crippen molar-refractivity contribution >= 4 is 12.0 Å². The predicted octanol–water partition coefficient (Wildman–Crippen LogP) is 2.14. The van der Waals surface area contributed by atoms with E-state index in [0.717, 1.165) is 43.5 Å². The molecule has 1 saturated heterocycles. The van der Waals surface area contributed by atoms with Crippen LogP contribution in [0.5, 0.6) is 0 Å². The number of nitrogens with zero attached hydrogens (tertiary/aromatic N) is 4. The summed E-state index contributed by atoms with van der Waals surface area (Å²) in [6.45, 7) is 5.60. The van der Waals surface area contributed by atoms with Gasteiger partial charge in [-0.15, -0.1) is 0 Å². The molecule has 20 heavy (non-hydrogen) atoms. The molecule has 5 nitrogen and oxygen atoms in total. The van der Waals surface area contributed by atoms with Gasteiger partial charge in [0, 0.05) is 19.3 Å². The lowest BCUT2D eigenvalue weighted by atomic mass is 10.3. The molecule has 0 amide bonds. The fourth-order valence-electron chi connectivity index (χ4n) is 2.24. The van der Waals surface area contributed by atoms with Crippen LogP contribution in [-0.4, -0.2) is 42.4 Å². The topological polar surface area (TPSA) is 44.9 Å². The Morgan fingerprint density at radius 1 is 1.15 bits per heavy atom. The smallest absolute Gasteiger partial charge is 0.147 e. The third kappa shape index (κ3) is 2.99. The summed E-state index contributed by atoms with van der Waals surface area (Å²) in [6, 6.07) is 9.88. The molecule has 2 aromatic rings. The van der Waals surface area contributed by atoms with Crippen molar-refractivity contribution in [2.75, 3.05) is 31.1 Å². The van der Waals surface area contributed by atoms with Crippen LogP contribution in [0.1, 0.15) is 11.5 Å². The van der Waals surface area contributed by atoms with Gasteiger partial charge in [0.1, 0.15) is 17.3 Å². The maximum atomic E-state index is 5.47. The Morgan fingerprint density at radius 2 is 2.00 bits per heavy atom.